The predicted octanol–water partition coefficient (Wildman–Crippen LogP) is 1.80. The van der Waals surface area contributed by atoms with Crippen LogP contribution < -0.4 is 0 Å². The molecular formula is C15H20ClN5O. The molecule has 1 aliphatic rings. The van der Waals surface area contributed by atoms with Crippen LogP contribution in [0.2, 0.25) is 5.02 Å². The van der Waals surface area contributed by atoms with Gasteiger partial charge in [0.05, 0.1) is 21.7 Å². The first-order chi connectivity index (χ1) is 10.5. The highest BCUT2D eigenvalue weighted by atomic mass is 35.5. The van der Waals surface area contributed by atoms with Crippen LogP contribution in [0.15, 0.2) is 6.20 Å². The maximum atomic E-state index is 12.7. The second-order valence-electron chi connectivity index (χ2n) is 5.68. The summed E-state index contributed by atoms with van der Waals surface area (Å²) in [5.41, 5.74) is 2.01. The minimum Gasteiger partial charge on any atom is -0.336 e. The van der Waals surface area contributed by atoms with Crippen molar-refractivity contribution in [3.05, 3.63) is 22.5 Å². The average Bonchev–Trinajstić information content (AvgIpc) is 2.85. The molecule has 2 aromatic rings. The zero-order valence-corrected chi connectivity index (χ0v) is 13.9. The van der Waals surface area contributed by atoms with E-state index in [4.69, 9.17) is 11.6 Å². The van der Waals surface area contributed by atoms with Crippen LogP contribution in [-0.2, 0) is 6.54 Å². The number of halogens is 1. The maximum absolute atomic E-state index is 12.7. The summed E-state index contributed by atoms with van der Waals surface area (Å²) < 4.78 is 1.81. The molecule has 0 N–H and O–H groups in total. The van der Waals surface area contributed by atoms with Crippen LogP contribution in [0.4, 0.5) is 0 Å². The van der Waals surface area contributed by atoms with Gasteiger partial charge in [-0.15, -0.1) is 0 Å². The number of nitrogens with zero attached hydrogens (tertiary/aromatic N) is 5. The molecule has 22 heavy (non-hydrogen) atoms. The summed E-state index contributed by atoms with van der Waals surface area (Å²) in [6, 6.07) is 0. The summed E-state index contributed by atoms with van der Waals surface area (Å²) in [6.45, 7) is 7.82. The Labute approximate surface area is 134 Å². The number of rotatable bonds is 2. The summed E-state index contributed by atoms with van der Waals surface area (Å²) in [6.07, 6.45) is 1.58. The van der Waals surface area contributed by atoms with Crippen molar-refractivity contribution in [2.75, 3.05) is 33.2 Å². The number of hydrogen-bond acceptors (Lipinski definition) is 4. The van der Waals surface area contributed by atoms with Crippen LogP contribution in [0.3, 0.4) is 0 Å². The summed E-state index contributed by atoms with van der Waals surface area (Å²) >= 11 is 6.51. The van der Waals surface area contributed by atoms with Crippen molar-refractivity contribution in [3.8, 4) is 0 Å². The molecule has 2 aromatic heterocycles. The number of fused-ring (bicyclic) bond motifs is 1. The molecule has 0 aromatic carbocycles. The molecule has 1 saturated heterocycles. The van der Waals surface area contributed by atoms with Gasteiger partial charge in [0.25, 0.3) is 5.91 Å². The SMILES string of the molecule is CCn1nc(C)c2c(Cl)c(C(=O)N3CCN(C)CC3)cnc21. The number of carbonyl (C=O) groups is 1. The van der Waals surface area contributed by atoms with E-state index in [-0.39, 0.29) is 5.91 Å². The molecule has 1 fully saturated rings. The molecule has 0 radical (unpaired) electrons. The lowest BCUT2D eigenvalue weighted by Gasteiger charge is -2.32. The Kier molecular flexibility index (Phi) is 4.06. The van der Waals surface area contributed by atoms with Gasteiger partial charge in [-0.05, 0) is 20.9 Å². The van der Waals surface area contributed by atoms with Crippen LogP contribution in [-0.4, -0.2) is 63.7 Å². The highest BCUT2D eigenvalue weighted by Gasteiger charge is 2.25. The van der Waals surface area contributed by atoms with Crippen molar-refractivity contribution in [1.29, 1.82) is 0 Å². The van der Waals surface area contributed by atoms with E-state index in [9.17, 15) is 4.79 Å². The Hall–Kier alpha value is -1.66. The van der Waals surface area contributed by atoms with Gasteiger partial charge < -0.3 is 9.80 Å². The van der Waals surface area contributed by atoms with Crippen LogP contribution in [0.25, 0.3) is 11.0 Å². The number of piperazine rings is 1. The first-order valence-corrected chi connectivity index (χ1v) is 7.90. The van der Waals surface area contributed by atoms with Crippen LogP contribution in [0, 0.1) is 6.92 Å². The van der Waals surface area contributed by atoms with Gasteiger partial charge in [-0.2, -0.15) is 5.10 Å². The first kappa shape index (κ1) is 15.2. The molecule has 7 heteroatoms. The number of aryl methyl sites for hydroxylation is 2. The summed E-state index contributed by atoms with van der Waals surface area (Å²) in [7, 11) is 2.06. The molecule has 0 bridgehead atoms. The fourth-order valence-electron chi connectivity index (χ4n) is 2.82. The lowest BCUT2D eigenvalue weighted by Crippen LogP contribution is -2.47. The van der Waals surface area contributed by atoms with Gasteiger partial charge in [0, 0.05) is 38.9 Å². The molecule has 6 nitrogen and oxygen atoms in total. The van der Waals surface area contributed by atoms with Crippen LogP contribution in [0.5, 0.6) is 0 Å². The number of carbonyl (C=O) groups excluding carboxylic acids is 1. The molecule has 118 valence electrons. The van der Waals surface area contributed by atoms with Gasteiger partial charge in [-0.3, -0.25) is 4.79 Å². The fourth-order valence-corrected chi connectivity index (χ4v) is 3.17. The van der Waals surface area contributed by atoms with E-state index in [1.54, 1.807) is 10.9 Å². The third-order valence-electron chi connectivity index (χ3n) is 4.19. The minimum atomic E-state index is -0.0452. The van der Waals surface area contributed by atoms with Gasteiger partial charge >= 0.3 is 0 Å². The lowest BCUT2D eigenvalue weighted by molar-refractivity contribution is 0.0664. The standard InChI is InChI=1S/C15H20ClN5O/c1-4-21-14-12(10(2)18-21)13(16)11(9-17-14)15(22)20-7-5-19(3)6-8-20/h9H,4-8H2,1-3H3. The highest BCUT2D eigenvalue weighted by Crippen LogP contribution is 2.29. The molecule has 0 unspecified atom stereocenters. The lowest BCUT2D eigenvalue weighted by atomic mass is 10.1. The van der Waals surface area contributed by atoms with Crippen molar-refractivity contribution in [2.24, 2.45) is 0 Å². The Morgan fingerprint density at radius 1 is 1.32 bits per heavy atom. The average molecular weight is 322 g/mol. The van der Waals surface area contributed by atoms with E-state index in [1.165, 1.54) is 0 Å². The van der Waals surface area contributed by atoms with E-state index in [1.807, 2.05) is 18.7 Å². The Bertz CT molecular complexity index is 718. The number of pyridine rings is 1. The zero-order valence-electron chi connectivity index (χ0n) is 13.1. The van der Waals surface area contributed by atoms with Gasteiger partial charge in [-0.1, -0.05) is 11.6 Å². The monoisotopic (exact) mass is 321 g/mol. The van der Waals surface area contributed by atoms with Gasteiger partial charge in [-0.25, -0.2) is 9.67 Å². The van der Waals surface area contributed by atoms with E-state index in [2.05, 4.69) is 22.0 Å². The van der Waals surface area contributed by atoms with Crippen molar-refractivity contribution >= 4 is 28.5 Å². The predicted molar refractivity (Wildman–Crippen MR) is 86.3 cm³/mol. The third kappa shape index (κ3) is 2.46. The number of hydrogen-bond donors (Lipinski definition) is 0. The molecule has 3 rings (SSSR count). The Morgan fingerprint density at radius 2 is 2.00 bits per heavy atom. The fraction of sp³-hybridized carbons (Fsp3) is 0.533. The molecular weight excluding hydrogens is 302 g/mol. The largest absolute Gasteiger partial charge is 0.336 e. The molecule has 0 spiro atoms. The van der Waals surface area contributed by atoms with Crippen molar-refractivity contribution in [3.63, 3.8) is 0 Å². The van der Waals surface area contributed by atoms with Crippen molar-refractivity contribution in [2.45, 2.75) is 20.4 Å². The molecule has 0 atom stereocenters. The normalized spacial score (nSPS) is 16.5. The van der Waals surface area contributed by atoms with Gasteiger partial charge in [0.1, 0.15) is 0 Å². The zero-order chi connectivity index (χ0) is 15.9. The van der Waals surface area contributed by atoms with E-state index < -0.39 is 0 Å². The molecule has 1 amide bonds. The molecule has 0 saturated carbocycles. The third-order valence-corrected chi connectivity index (χ3v) is 4.59. The second-order valence-corrected chi connectivity index (χ2v) is 6.06. The van der Waals surface area contributed by atoms with E-state index in [0.717, 1.165) is 49.5 Å². The van der Waals surface area contributed by atoms with E-state index in [0.29, 0.717) is 10.6 Å². The van der Waals surface area contributed by atoms with Crippen LogP contribution >= 0.6 is 11.6 Å². The summed E-state index contributed by atoms with van der Waals surface area (Å²) in [5, 5.41) is 5.68. The van der Waals surface area contributed by atoms with Crippen molar-refractivity contribution in [1.82, 2.24) is 24.6 Å². The Balaban J connectivity index is 1.99. The minimum absolute atomic E-state index is 0.0452. The highest BCUT2D eigenvalue weighted by molar-refractivity contribution is 6.38. The smallest absolute Gasteiger partial charge is 0.257 e. The molecule has 1 aliphatic heterocycles. The number of aromatic nitrogens is 3. The maximum Gasteiger partial charge on any atom is 0.257 e. The topological polar surface area (TPSA) is 54.3 Å². The number of amides is 1. The number of likely N-dealkylation sites (N-methyl/N-ethyl adjacent to an activating group) is 1. The van der Waals surface area contributed by atoms with Gasteiger partial charge in [0.2, 0.25) is 0 Å². The van der Waals surface area contributed by atoms with E-state index >= 15 is 0 Å². The molecule has 0 aliphatic carbocycles. The quantitative estimate of drug-likeness (QED) is 0.846. The summed E-state index contributed by atoms with van der Waals surface area (Å²) in [4.78, 5) is 21.2. The first-order valence-electron chi connectivity index (χ1n) is 7.52. The summed E-state index contributed by atoms with van der Waals surface area (Å²) in [5.74, 6) is -0.0452. The van der Waals surface area contributed by atoms with Crippen molar-refractivity contribution < 1.29 is 4.79 Å². The molecule has 3 heterocycles. The van der Waals surface area contributed by atoms with Gasteiger partial charge in [0.15, 0.2) is 5.65 Å². The Morgan fingerprint density at radius 3 is 2.64 bits per heavy atom. The second kappa shape index (κ2) is 5.85. The van der Waals surface area contributed by atoms with Crippen LogP contribution in [0.1, 0.15) is 23.0 Å².